The molecule has 0 saturated carbocycles. The SMILES string of the molecule is NNc1ccnc(C(=O)NCCc2cccc(F)c2)c1. The molecule has 2 aromatic rings. The van der Waals surface area contributed by atoms with Crippen LogP contribution < -0.4 is 16.6 Å². The molecule has 0 aliphatic carbocycles. The molecule has 0 saturated heterocycles. The third kappa shape index (κ3) is 3.76. The first-order valence-corrected chi connectivity index (χ1v) is 6.14. The van der Waals surface area contributed by atoms with Crippen molar-refractivity contribution in [2.45, 2.75) is 6.42 Å². The van der Waals surface area contributed by atoms with Crippen LogP contribution in [0.4, 0.5) is 10.1 Å². The Bertz CT molecular complexity index is 603. The molecule has 0 atom stereocenters. The highest BCUT2D eigenvalue weighted by Gasteiger charge is 2.07. The fraction of sp³-hybridized carbons (Fsp3) is 0.143. The van der Waals surface area contributed by atoms with Gasteiger partial charge in [0.05, 0.1) is 5.69 Å². The van der Waals surface area contributed by atoms with Crippen LogP contribution in [0.15, 0.2) is 42.6 Å². The summed E-state index contributed by atoms with van der Waals surface area (Å²) < 4.78 is 13.0. The second-order valence-electron chi connectivity index (χ2n) is 4.21. The quantitative estimate of drug-likeness (QED) is 0.570. The summed E-state index contributed by atoms with van der Waals surface area (Å²) in [6, 6.07) is 9.50. The van der Waals surface area contributed by atoms with Crippen molar-refractivity contribution in [2.24, 2.45) is 5.84 Å². The third-order valence-corrected chi connectivity index (χ3v) is 2.75. The number of hydrogen-bond acceptors (Lipinski definition) is 4. The van der Waals surface area contributed by atoms with Crippen LogP contribution in [0.25, 0.3) is 0 Å². The molecule has 0 unspecified atom stereocenters. The van der Waals surface area contributed by atoms with Crippen molar-refractivity contribution in [2.75, 3.05) is 12.0 Å². The van der Waals surface area contributed by atoms with Crippen LogP contribution in [0.5, 0.6) is 0 Å². The van der Waals surface area contributed by atoms with Gasteiger partial charge in [0.1, 0.15) is 11.5 Å². The maximum atomic E-state index is 13.0. The number of amides is 1. The van der Waals surface area contributed by atoms with Crippen LogP contribution in [0, 0.1) is 5.82 Å². The molecule has 0 radical (unpaired) electrons. The van der Waals surface area contributed by atoms with E-state index >= 15 is 0 Å². The molecule has 5 nitrogen and oxygen atoms in total. The van der Waals surface area contributed by atoms with Crippen molar-refractivity contribution in [3.8, 4) is 0 Å². The standard InChI is InChI=1S/C14H15FN4O/c15-11-3-1-2-10(8-11)4-6-18-14(20)13-9-12(19-16)5-7-17-13/h1-3,5,7-9H,4,6,16H2,(H,17,19)(H,18,20). The number of hydrogen-bond donors (Lipinski definition) is 3. The van der Waals surface area contributed by atoms with Gasteiger partial charge in [-0.05, 0) is 36.2 Å². The lowest BCUT2D eigenvalue weighted by Gasteiger charge is -2.06. The Hall–Kier alpha value is -2.47. The van der Waals surface area contributed by atoms with E-state index in [9.17, 15) is 9.18 Å². The first kappa shape index (κ1) is 14.0. The number of hydrazine groups is 1. The van der Waals surface area contributed by atoms with E-state index in [0.29, 0.717) is 18.7 Å². The van der Waals surface area contributed by atoms with Crippen molar-refractivity contribution >= 4 is 11.6 Å². The summed E-state index contributed by atoms with van der Waals surface area (Å²) in [7, 11) is 0. The number of carbonyl (C=O) groups excluding carboxylic acids is 1. The van der Waals surface area contributed by atoms with Crippen molar-refractivity contribution < 1.29 is 9.18 Å². The summed E-state index contributed by atoms with van der Waals surface area (Å²) in [4.78, 5) is 15.8. The number of anilines is 1. The smallest absolute Gasteiger partial charge is 0.269 e. The number of nitrogens with zero attached hydrogens (tertiary/aromatic N) is 1. The normalized spacial score (nSPS) is 10.1. The number of halogens is 1. The van der Waals surface area contributed by atoms with Crippen LogP contribution in [0.1, 0.15) is 16.1 Å². The van der Waals surface area contributed by atoms with E-state index < -0.39 is 0 Å². The third-order valence-electron chi connectivity index (χ3n) is 2.75. The molecule has 4 N–H and O–H groups in total. The molecule has 1 aromatic heterocycles. The van der Waals surface area contributed by atoms with Gasteiger partial charge in [-0.1, -0.05) is 12.1 Å². The predicted molar refractivity (Wildman–Crippen MR) is 74.5 cm³/mol. The molecular formula is C14H15FN4O. The van der Waals surface area contributed by atoms with Gasteiger partial charge < -0.3 is 10.7 Å². The lowest BCUT2D eigenvalue weighted by molar-refractivity contribution is 0.0949. The Morgan fingerprint density at radius 2 is 2.15 bits per heavy atom. The van der Waals surface area contributed by atoms with Crippen LogP contribution >= 0.6 is 0 Å². The summed E-state index contributed by atoms with van der Waals surface area (Å²) in [6.07, 6.45) is 2.05. The first-order chi connectivity index (χ1) is 9.69. The zero-order valence-corrected chi connectivity index (χ0v) is 10.8. The van der Waals surface area contributed by atoms with Gasteiger partial charge in [-0.3, -0.25) is 15.6 Å². The molecular weight excluding hydrogens is 259 g/mol. The highest BCUT2D eigenvalue weighted by Crippen LogP contribution is 2.06. The van der Waals surface area contributed by atoms with Gasteiger partial charge in [-0.2, -0.15) is 0 Å². The van der Waals surface area contributed by atoms with Crippen LogP contribution in [0.3, 0.4) is 0 Å². The van der Waals surface area contributed by atoms with E-state index in [4.69, 9.17) is 5.84 Å². The summed E-state index contributed by atoms with van der Waals surface area (Å²) >= 11 is 0. The molecule has 1 amide bonds. The number of benzene rings is 1. The molecule has 104 valence electrons. The Morgan fingerprint density at radius 3 is 2.90 bits per heavy atom. The van der Waals surface area contributed by atoms with Gasteiger partial charge in [-0.15, -0.1) is 0 Å². The summed E-state index contributed by atoms with van der Waals surface area (Å²) in [5, 5.41) is 2.73. The monoisotopic (exact) mass is 274 g/mol. The molecule has 0 aliphatic heterocycles. The number of carbonyl (C=O) groups is 1. The Kier molecular flexibility index (Phi) is 4.62. The lowest BCUT2D eigenvalue weighted by atomic mass is 10.1. The largest absolute Gasteiger partial charge is 0.350 e. The minimum Gasteiger partial charge on any atom is -0.350 e. The van der Waals surface area contributed by atoms with Crippen molar-refractivity contribution in [3.63, 3.8) is 0 Å². The van der Waals surface area contributed by atoms with Crippen LogP contribution in [-0.2, 0) is 6.42 Å². The van der Waals surface area contributed by atoms with Crippen molar-refractivity contribution in [1.82, 2.24) is 10.3 Å². The Balaban J connectivity index is 1.89. The molecule has 0 spiro atoms. The van der Waals surface area contributed by atoms with Gasteiger partial charge >= 0.3 is 0 Å². The maximum absolute atomic E-state index is 13.0. The molecule has 20 heavy (non-hydrogen) atoms. The molecule has 2 rings (SSSR count). The second kappa shape index (κ2) is 6.63. The lowest BCUT2D eigenvalue weighted by Crippen LogP contribution is -2.26. The minimum atomic E-state index is -0.293. The summed E-state index contributed by atoms with van der Waals surface area (Å²) in [5.74, 6) is 4.69. The van der Waals surface area contributed by atoms with Crippen molar-refractivity contribution in [3.05, 3.63) is 59.7 Å². The van der Waals surface area contributed by atoms with E-state index in [1.807, 2.05) is 6.07 Å². The highest BCUT2D eigenvalue weighted by atomic mass is 19.1. The predicted octanol–water partition coefficient (Wildman–Crippen LogP) is 1.48. The van der Waals surface area contributed by atoms with Gasteiger partial charge in [0.2, 0.25) is 0 Å². The number of rotatable bonds is 5. The van der Waals surface area contributed by atoms with Gasteiger partial charge in [0.25, 0.3) is 5.91 Å². The van der Waals surface area contributed by atoms with E-state index in [1.165, 1.54) is 18.3 Å². The van der Waals surface area contributed by atoms with Gasteiger partial charge in [-0.25, -0.2) is 4.39 Å². The summed E-state index contributed by atoms with van der Waals surface area (Å²) in [5.41, 5.74) is 4.16. The average molecular weight is 274 g/mol. The second-order valence-corrected chi connectivity index (χ2v) is 4.21. The number of pyridine rings is 1. The van der Waals surface area contributed by atoms with E-state index in [0.717, 1.165) is 5.56 Å². The van der Waals surface area contributed by atoms with E-state index in [-0.39, 0.29) is 17.4 Å². The maximum Gasteiger partial charge on any atom is 0.269 e. The van der Waals surface area contributed by atoms with Gasteiger partial charge in [0, 0.05) is 12.7 Å². The fourth-order valence-corrected chi connectivity index (χ4v) is 1.75. The number of nitrogens with one attached hydrogen (secondary N) is 2. The summed E-state index contributed by atoms with van der Waals surface area (Å²) in [6.45, 7) is 0.407. The Labute approximate surface area is 116 Å². The van der Waals surface area contributed by atoms with Gasteiger partial charge in [0.15, 0.2) is 0 Å². The van der Waals surface area contributed by atoms with E-state index in [2.05, 4.69) is 15.7 Å². The van der Waals surface area contributed by atoms with E-state index in [1.54, 1.807) is 18.2 Å². The average Bonchev–Trinajstić information content (AvgIpc) is 2.47. The molecule has 0 fully saturated rings. The zero-order chi connectivity index (χ0) is 14.4. The highest BCUT2D eigenvalue weighted by molar-refractivity contribution is 5.93. The molecule has 0 aliphatic rings. The van der Waals surface area contributed by atoms with Crippen molar-refractivity contribution in [1.29, 1.82) is 0 Å². The number of nitrogens with two attached hydrogens (primary N) is 1. The van der Waals surface area contributed by atoms with Crippen LogP contribution in [0.2, 0.25) is 0 Å². The minimum absolute atomic E-state index is 0.277. The topological polar surface area (TPSA) is 80.0 Å². The zero-order valence-electron chi connectivity index (χ0n) is 10.8. The molecule has 0 bridgehead atoms. The molecule has 6 heteroatoms. The fourth-order valence-electron chi connectivity index (χ4n) is 1.75. The first-order valence-electron chi connectivity index (χ1n) is 6.14. The Morgan fingerprint density at radius 1 is 1.30 bits per heavy atom. The van der Waals surface area contributed by atoms with Crippen LogP contribution in [-0.4, -0.2) is 17.4 Å². The molecule has 1 aromatic carbocycles. The number of nitrogen functional groups attached to an aromatic ring is 1. The molecule has 1 heterocycles. The number of aromatic nitrogens is 1.